The number of aromatic hydroxyl groups is 3. The minimum Gasteiger partial charge on any atom is -0.507 e. The van der Waals surface area contributed by atoms with Gasteiger partial charge in [0.2, 0.25) is 0 Å². The highest BCUT2D eigenvalue weighted by Crippen LogP contribution is 2.43. The van der Waals surface area contributed by atoms with Crippen LogP contribution in [0.25, 0.3) is 11.1 Å². The third-order valence-electron chi connectivity index (χ3n) is 3.34. The van der Waals surface area contributed by atoms with E-state index in [-0.39, 0.29) is 17.2 Å². The Kier molecular flexibility index (Phi) is 3.65. The molecule has 2 aromatic rings. The summed E-state index contributed by atoms with van der Waals surface area (Å²) in [4.78, 5) is 0. The van der Waals surface area contributed by atoms with Gasteiger partial charge in [-0.25, -0.2) is 0 Å². The summed E-state index contributed by atoms with van der Waals surface area (Å²) in [5, 5.41) is 29.6. The van der Waals surface area contributed by atoms with Crippen molar-refractivity contribution in [2.24, 2.45) is 0 Å². The van der Waals surface area contributed by atoms with Crippen LogP contribution in [0.1, 0.15) is 25.0 Å². The van der Waals surface area contributed by atoms with Gasteiger partial charge in [-0.15, -0.1) is 0 Å². The number of rotatable bonds is 3. The van der Waals surface area contributed by atoms with E-state index in [1.54, 1.807) is 0 Å². The lowest BCUT2D eigenvalue weighted by atomic mass is 9.94. The second kappa shape index (κ2) is 5.22. The Bertz CT molecular complexity index is 603. The molecule has 3 N–H and O–H groups in total. The zero-order chi connectivity index (χ0) is 14.0. The summed E-state index contributed by atoms with van der Waals surface area (Å²) < 4.78 is 0. The molecule has 0 aliphatic carbocycles. The topological polar surface area (TPSA) is 60.7 Å². The van der Waals surface area contributed by atoms with Crippen LogP contribution in [-0.4, -0.2) is 15.3 Å². The summed E-state index contributed by atoms with van der Waals surface area (Å²) in [5.74, 6) is -0.456. The Balaban J connectivity index is 2.70. The minimum absolute atomic E-state index is 0.0135. The molecule has 2 aromatic carbocycles. The fourth-order valence-corrected chi connectivity index (χ4v) is 2.31. The molecule has 2 rings (SSSR count). The van der Waals surface area contributed by atoms with E-state index in [1.807, 2.05) is 31.2 Å². The number of phenols is 3. The van der Waals surface area contributed by atoms with Crippen LogP contribution in [0.3, 0.4) is 0 Å². The van der Waals surface area contributed by atoms with Crippen LogP contribution in [0.4, 0.5) is 0 Å². The predicted molar refractivity (Wildman–Crippen MR) is 75.6 cm³/mol. The molecule has 0 aliphatic rings. The van der Waals surface area contributed by atoms with Gasteiger partial charge in [-0.05, 0) is 24.0 Å². The van der Waals surface area contributed by atoms with E-state index in [0.717, 1.165) is 17.5 Å². The van der Waals surface area contributed by atoms with Crippen molar-refractivity contribution in [3.05, 3.63) is 41.5 Å². The first kappa shape index (κ1) is 13.3. The quantitative estimate of drug-likeness (QED) is 0.582. The second-order valence-corrected chi connectivity index (χ2v) is 4.52. The van der Waals surface area contributed by atoms with Gasteiger partial charge in [-0.2, -0.15) is 0 Å². The lowest BCUT2D eigenvalue weighted by Gasteiger charge is -2.14. The summed E-state index contributed by atoms with van der Waals surface area (Å²) in [5.41, 5.74) is 3.16. The van der Waals surface area contributed by atoms with Gasteiger partial charge in [0.15, 0.2) is 11.5 Å². The van der Waals surface area contributed by atoms with Gasteiger partial charge in [0.25, 0.3) is 0 Å². The van der Waals surface area contributed by atoms with Crippen LogP contribution in [-0.2, 0) is 12.8 Å². The predicted octanol–water partition coefficient (Wildman–Crippen LogP) is 3.60. The summed E-state index contributed by atoms with van der Waals surface area (Å²) in [6.45, 7) is 3.94. The molecule has 3 nitrogen and oxygen atoms in total. The van der Waals surface area contributed by atoms with E-state index in [2.05, 4.69) is 6.92 Å². The van der Waals surface area contributed by atoms with Crippen LogP contribution in [0.2, 0.25) is 0 Å². The minimum atomic E-state index is -0.287. The van der Waals surface area contributed by atoms with E-state index >= 15 is 0 Å². The first-order valence-corrected chi connectivity index (χ1v) is 6.44. The van der Waals surface area contributed by atoms with E-state index in [4.69, 9.17) is 0 Å². The summed E-state index contributed by atoms with van der Waals surface area (Å²) in [6, 6.07) is 9.01. The van der Waals surface area contributed by atoms with Crippen molar-refractivity contribution in [3.63, 3.8) is 0 Å². The van der Waals surface area contributed by atoms with Crippen molar-refractivity contribution < 1.29 is 15.3 Å². The van der Waals surface area contributed by atoms with Gasteiger partial charge in [-0.1, -0.05) is 38.1 Å². The van der Waals surface area contributed by atoms with Crippen molar-refractivity contribution >= 4 is 0 Å². The van der Waals surface area contributed by atoms with Crippen molar-refractivity contribution in [3.8, 4) is 28.4 Å². The highest BCUT2D eigenvalue weighted by atomic mass is 16.3. The molecule has 0 fully saturated rings. The van der Waals surface area contributed by atoms with E-state index < -0.39 is 0 Å². The molecule has 0 unspecified atom stereocenters. The standard InChI is InChI=1S/C16H18O3/c1-3-10-6-5-7-11(8-10)15-12(4-2)16(19)14(18)9-13(15)17/h5-9,17-19H,3-4H2,1-2H3. The molecule has 0 atom stereocenters. The van der Waals surface area contributed by atoms with Crippen molar-refractivity contribution in [1.82, 2.24) is 0 Å². The molecule has 0 aromatic heterocycles. The maximum Gasteiger partial charge on any atom is 0.161 e. The second-order valence-electron chi connectivity index (χ2n) is 4.52. The number of aryl methyl sites for hydroxylation is 1. The third kappa shape index (κ3) is 2.36. The molecular weight excluding hydrogens is 240 g/mol. The third-order valence-corrected chi connectivity index (χ3v) is 3.34. The summed E-state index contributed by atoms with van der Waals surface area (Å²) >= 11 is 0. The maximum absolute atomic E-state index is 10.1. The number of hydrogen-bond donors (Lipinski definition) is 3. The Morgan fingerprint density at radius 1 is 0.895 bits per heavy atom. The van der Waals surface area contributed by atoms with E-state index in [9.17, 15) is 15.3 Å². The monoisotopic (exact) mass is 258 g/mol. The molecule has 0 aliphatic heterocycles. The van der Waals surface area contributed by atoms with Crippen LogP contribution in [0.15, 0.2) is 30.3 Å². The molecule has 3 heteroatoms. The van der Waals surface area contributed by atoms with Crippen LogP contribution in [0, 0.1) is 0 Å². The van der Waals surface area contributed by atoms with E-state index in [1.165, 1.54) is 6.07 Å². The van der Waals surface area contributed by atoms with Gasteiger partial charge in [0.05, 0.1) is 0 Å². The molecule has 0 amide bonds. The largest absolute Gasteiger partial charge is 0.507 e. The average molecular weight is 258 g/mol. The molecule has 19 heavy (non-hydrogen) atoms. The average Bonchev–Trinajstić information content (AvgIpc) is 2.42. The summed E-state index contributed by atoms with van der Waals surface area (Å²) in [7, 11) is 0. The molecule has 0 bridgehead atoms. The van der Waals surface area contributed by atoms with Gasteiger partial charge < -0.3 is 15.3 Å². The van der Waals surface area contributed by atoms with Crippen molar-refractivity contribution in [1.29, 1.82) is 0 Å². The summed E-state index contributed by atoms with van der Waals surface area (Å²) in [6.07, 6.45) is 1.43. The SMILES string of the molecule is CCc1cccc(-c2c(O)cc(O)c(O)c2CC)c1. The highest BCUT2D eigenvalue weighted by Gasteiger charge is 2.17. The van der Waals surface area contributed by atoms with Crippen LogP contribution in [0.5, 0.6) is 17.2 Å². The van der Waals surface area contributed by atoms with Crippen LogP contribution >= 0.6 is 0 Å². The number of benzene rings is 2. The molecule has 0 spiro atoms. The van der Waals surface area contributed by atoms with E-state index in [0.29, 0.717) is 17.5 Å². The van der Waals surface area contributed by atoms with Gasteiger partial charge in [0, 0.05) is 17.2 Å². The van der Waals surface area contributed by atoms with Crippen molar-refractivity contribution in [2.45, 2.75) is 26.7 Å². The maximum atomic E-state index is 10.1. The first-order valence-electron chi connectivity index (χ1n) is 6.44. The van der Waals surface area contributed by atoms with Gasteiger partial charge >= 0.3 is 0 Å². The van der Waals surface area contributed by atoms with Gasteiger partial charge in [0.1, 0.15) is 5.75 Å². The Hall–Kier alpha value is -2.16. The number of phenolic OH excluding ortho intramolecular Hbond substituents is 3. The zero-order valence-corrected chi connectivity index (χ0v) is 11.1. The molecular formula is C16H18O3. The lowest BCUT2D eigenvalue weighted by molar-refractivity contribution is 0.393. The first-order chi connectivity index (χ1) is 9.08. The highest BCUT2D eigenvalue weighted by molar-refractivity contribution is 5.78. The molecule has 0 radical (unpaired) electrons. The Morgan fingerprint density at radius 3 is 2.26 bits per heavy atom. The molecule has 100 valence electrons. The van der Waals surface area contributed by atoms with Crippen LogP contribution < -0.4 is 0 Å². The lowest BCUT2D eigenvalue weighted by Crippen LogP contribution is -1.91. The Labute approximate surface area is 112 Å². The van der Waals surface area contributed by atoms with Crippen molar-refractivity contribution in [2.75, 3.05) is 0 Å². The smallest absolute Gasteiger partial charge is 0.161 e. The Morgan fingerprint density at radius 2 is 1.63 bits per heavy atom. The zero-order valence-electron chi connectivity index (χ0n) is 11.1. The van der Waals surface area contributed by atoms with Gasteiger partial charge in [-0.3, -0.25) is 0 Å². The molecule has 0 saturated carbocycles. The number of hydrogen-bond acceptors (Lipinski definition) is 3. The molecule has 0 heterocycles. The molecule has 0 saturated heterocycles. The fourth-order valence-electron chi connectivity index (χ4n) is 2.31. The normalized spacial score (nSPS) is 10.6. The fraction of sp³-hybridized carbons (Fsp3) is 0.250.